The third-order valence-corrected chi connectivity index (χ3v) is 5.33. The van der Waals surface area contributed by atoms with E-state index in [9.17, 15) is 0 Å². The monoisotopic (exact) mass is 370 g/mol. The highest BCUT2D eigenvalue weighted by atomic mass is 32.1. The molecule has 2 aromatic heterocycles. The molecule has 6 nitrogen and oxygen atoms in total. The molecule has 3 rings (SSSR count). The quantitative estimate of drug-likeness (QED) is 0.324. The molecule has 0 radical (unpaired) electrons. The van der Waals surface area contributed by atoms with Gasteiger partial charge in [0.05, 0.1) is 16.0 Å². The van der Waals surface area contributed by atoms with Gasteiger partial charge >= 0.3 is 0 Å². The van der Waals surface area contributed by atoms with Crippen molar-refractivity contribution in [1.29, 1.82) is 0 Å². The van der Waals surface area contributed by atoms with E-state index in [0.29, 0.717) is 0 Å². The van der Waals surface area contributed by atoms with Crippen LogP contribution in [0.5, 0.6) is 0 Å². The lowest BCUT2D eigenvalue weighted by atomic mass is 10.3. The van der Waals surface area contributed by atoms with Crippen molar-refractivity contribution in [2.75, 3.05) is 20.1 Å². The zero-order valence-corrected chi connectivity index (χ0v) is 16.2. The summed E-state index contributed by atoms with van der Waals surface area (Å²) in [4.78, 5) is 18.0. The maximum absolute atomic E-state index is 4.61. The predicted octanol–water partition coefficient (Wildman–Crippen LogP) is 2.92. The average molecular weight is 371 g/mol. The van der Waals surface area contributed by atoms with Gasteiger partial charge in [0, 0.05) is 44.1 Å². The van der Waals surface area contributed by atoms with Gasteiger partial charge in [0.15, 0.2) is 5.96 Å². The summed E-state index contributed by atoms with van der Waals surface area (Å²) < 4.78 is 0. The third kappa shape index (κ3) is 5.05. The van der Waals surface area contributed by atoms with Crippen molar-refractivity contribution in [3.05, 3.63) is 46.2 Å². The zero-order chi connectivity index (χ0) is 18.2. The molecule has 0 atom stereocenters. The predicted molar refractivity (Wildman–Crippen MR) is 109 cm³/mol. The number of fused-ring (bicyclic) bond motifs is 1. The molecule has 2 heterocycles. The first kappa shape index (κ1) is 18.4. The summed E-state index contributed by atoms with van der Waals surface area (Å²) in [6.45, 7) is 3.85. The molecule has 26 heavy (non-hydrogen) atoms. The number of para-hydroxylation sites is 2. The molecule has 0 aliphatic rings. The zero-order valence-electron chi connectivity index (χ0n) is 15.4. The summed E-state index contributed by atoms with van der Waals surface area (Å²) in [6.07, 6.45) is 5.86. The largest absolute Gasteiger partial charge is 0.356 e. The lowest BCUT2D eigenvalue weighted by Gasteiger charge is -2.10. The normalized spacial score (nSPS) is 11.8. The van der Waals surface area contributed by atoms with E-state index < -0.39 is 0 Å². The van der Waals surface area contributed by atoms with E-state index in [4.69, 9.17) is 0 Å². The van der Waals surface area contributed by atoms with Crippen LogP contribution >= 0.6 is 11.3 Å². The Morgan fingerprint density at radius 1 is 1.19 bits per heavy atom. The van der Waals surface area contributed by atoms with Crippen molar-refractivity contribution in [2.45, 2.75) is 32.6 Å². The van der Waals surface area contributed by atoms with Crippen molar-refractivity contribution < 1.29 is 0 Å². The highest BCUT2D eigenvalue weighted by Crippen LogP contribution is 2.13. The Labute approximate surface area is 158 Å². The maximum Gasteiger partial charge on any atom is 0.190 e. The smallest absolute Gasteiger partial charge is 0.190 e. The first-order valence-corrected chi connectivity index (χ1v) is 9.92. The van der Waals surface area contributed by atoms with Gasteiger partial charge in [-0.3, -0.25) is 4.99 Å². The minimum absolute atomic E-state index is 0.833. The van der Waals surface area contributed by atoms with Crippen molar-refractivity contribution in [3.63, 3.8) is 0 Å². The Bertz CT molecular complexity index is 817. The van der Waals surface area contributed by atoms with Crippen molar-refractivity contribution in [3.8, 4) is 0 Å². The first-order chi connectivity index (χ1) is 12.8. The Balaban J connectivity index is 1.36. The summed E-state index contributed by atoms with van der Waals surface area (Å²) in [7, 11) is 1.80. The number of thiazole rings is 1. The number of benzene rings is 1. The van der Waals surface area contributed by atoms with E-state index in [1.54, 1.807) is 18.4 Å². The number of nitrogens with one attached hydrogen (secondary N) is 3. The molecular formula is C19H26N6S. The molecule has 1 aromatic carbocycles. The lowest BCUT2D eigenvalue weighted by molar-refractivity contribution is 0.724. The molecule has 7 heteroatoms. The Morgan fingerprint density at radius 3 is 2.81 bits per heavy atom. The number of aliphatic imine (C=N–C) groups is 1. The molecule has 0 fully saturated rings. The molecule has 0 aliphatic heterocycles. The average Bonchev–Trinajstić information content (AvgIpc) is 3.29. The van der Waals surface area contributed by atoms with E-state index in [1.165, 1.54) is 9.88 Å². The van der Waals surface area contributed by atoms with Crippen LogP contribution in [0, 0.1) is 0 Å². The van der Waals surface area contributed by atoms with E-state index in [-0.39, 0.29) is 0 Å². The number of H-pyrrole nitrogens is 1. The number of aromatic amines is 1. The van der Waals surface area contributed by atoms with Gasteiger partial charge in [-0.05, 0) is 25.0 Å². The van der Waals surface area contributed by atoms with Crippen LogP contribution in [0.1, 0.15) is 29.1 Å². The first-order valence-electron chi connectivity index (χ1n) is 9.10. The molecule has 0 saturated heterocycles. The number of aryl methyl sites for hydroxylation is 2. The highest BCUT2D eigenvalue weighted by Gasteiger charge is 2.04. The van der Waals surface area contributed by atoms with Gasteiger partial charge in [-0.1, -0.05) is 19.1 Å². The van der Waals surface area contributed by atoms with Crippen LogP contribution < -0.4 is 10.6 Å². The molecule has 0 amide bonds. The molecule has 0 saturated carbocycles. The molecule has 3 aromatic rings. The fourth-order valence-corrected chi connectivity index (χ4v) is 3.58. The molecule has 0 bridgehead atoms. The van der Waals surface area contributed by atoms with Gasteiger partial charge in [0.25, 0.3) is 0 Å². The number of hydrogen-bond acceptors (Lipinski definition) is 4. The van der Waals surface area contributed by atoms with Gasteiger partial charge < -0.3 is 15.6 Å². The molecule has 0 spiro atoms. The fourth-order valence-electron chi connectivity index (χ4n) is 2.72. The number of aromatic nitrogens is 3. The van der Waals surface area contributed by atoms with E-state index in [1.807, 2.05) is 24.4 Å². The van der Waals surface area contributed by atoms with E-state index >= 15 is 0 Å². The second-order valence-corrected chi connectivity index (χ2v) is 7.25. The van der Waals surface area contributed by atoms with E-state index in [2.05, 4.69) is 43.6 Å². The van der Waals surface area contributed by atoms with Crippen LogP contribution in [0.2, 0.25) is 0 Å². The number of rotatable bonds is 8. The van der Waals surface area contributed by atoms with Crippen LogP contribution in [-0.2, 0) is 19.3 Å². The molecule has 0 unspecified atom stereocenters. The van der Waals surface area contributed by atoms with Crippen molar-refractivity contribution in [1.82, 2.24) is 25.6 Å². The fraction of sp³-hybridized carbons (Fsp3) is 0.421. The molecule has 3 N–H and O–H groups in total. The molecular weight excluding hydrogens is 344 g/mol. The second kappa shape index (κ2) is 9.33. The number of hydrogen-bond donors (Lipinski definition) is 3. The van der Waals surface area contributed by atoms with Crippen molar-refractivity contribution in [2.24, 2.45) is 4.99 Å². The minimum atomic E-state index is 0.833. The Kier molecular flexibility index (Phi) is 6.60. The SMILES string of the molecule is CCc1cnc(CCNC(=NC)NCCCc2nc3ccccc3[nH]2)s1. The summed E-state index contributed by atoms with van der Waals surface area (Å²) >= 11 is 1.79. The van der Waals surface area contributed by atoms with Gasteiger partial charge in [0.1, 0.15) is 5.82 Å². The number of nitrogens with zero attached hydrogens (tertiary/aromatic N) is 3. The topological polar surface area (TPSA) is 78.0 Å². The maximum atomic E-state index is 4.61. The van der Waals surface area contributed by atoms with Crippen LogP contribution in [-0.4, -0.2) is 41.0 Å². The summed E-state index contributed by atoms with van der Waals surface area (Å²) in [5.74, 6) is 1.87. The van der Waals surface area contributed by atoms with Crippen LogP contribution in [0.15, 0.2) is 35.5 Å². The lowest BCUT2D eigenvalue weighted by Crippen LogP contribution is -2.38. The van der Waals surface area contributed by atoms with Gasteiger partial charge in [-0.15, -0.1) is 11.3 Å². The second-order valence-electron chi connectivity index (χ2n) is 6.05. The standard InChI is InChI=1S/C19H26N6S/c1-3-14-13-23-18(26-14)10-12-22-19(20-2)21-11-6-9-17-24-15-7-4-5-8-16(15)25-17/h4-5,7-8,13H,3,6,9-12H2,1-2H3,(H,24,25)(H2,20,21,22). The van der Waals surface area contributed by atoms with Gasteiger partial charge in [-0.2, -0.15) is 0 Å². The number of imidazole rings is 1. The number of guanidine groups is 1. The third-order valence-electron chi connectivity index (χ3n) is 4.13. The Hall–Kier alpha value is -2.41. The van der Waals surface area contributed by atoms with Gasteiger partial charge in [-0.25, -0.2) is 9.97 Å². The Morgan fingerprint density at radius 2 is 2.04 bits per heavy atom. The summed E-state index contributed by atoms with van der Waals surface area (Å²) in [5.41, 5.74) is 2.13. The van der Waals surface area contributed by atoms with Crippen LogP contribution in [0.3, 0.4) is 0 Å². The molecule has 0 aliphatic carbocycles. The van der Waals surface area contributed by atoms with Crippen LogP contribution in [0.4, 0.5) is 0 Å². The van der Waals surface area contributed by atoms with Gasteiger partial charge in [0.2, 0.25) is 0 Å². The summed E-state index contributed by atoms with van der Waals surface area (Å²) in [5, 5.41) is 7.88. The summed E-state index contributed by atoms with van der Waals surface area (Å²) in [6, 6.07) is 8.13. The molecule has 138 valence electrons. The highest BCUT2D eigenvalue weighted by molar-refractivity contribution is 7.11. The van der Waals surface area contributed by atoms with Crippen molar-refractivity contribution >= 4 is 28.3 Å². The van der Waals surface area contributed by atoms with E-state index in [0.717, 1.165) is 61.6 Å². The minimum Gasteiger partial charge on any atom is -0.356 e. The van der Waals surface area contributed by atoms with Crippen LogP contribution in [0.25, 0.3) is 11.0 Å².